The SMILES string of the molecule is NS(=O)(=O)c1cc(NC(=O)Cc2ccccc2Cl)ccc1-c1ccsn1. The van der Waals surface area contributed by atoms with Gasteiger partial charge in [-0.1, -0.05) is 29.8 Å². The van der Waals surface area contributed by atoms with Crippen LogP contribution in [0.15, 0.2) is 58.8 Å². The first-order valence-electron chi connectivity index (χ1n) is 7.45. The molecule has 1 amide bonds. The van der Waals surface area contributed by atoms with Crippen LogP contribution in [0.2, 0.25) is 5.02 Å². The zero-order chi connectivity index (χ0) is 18.7. The van der Waals surface area contributed by atoms with Crippen molar-refractivity contribution >= 4 is 44.8 Å². The monoisotopic (exact) mass is 407 g/mol. The van der Waals surface area contributed by atoms with Crippen molar-refractivity contribution in [3.05, 3.63) is 64.5 Å². The third-order valence-electron chi connectivity index (χ3n) is 3.59. The molecule has 0 saturated carbocycles. The molecule has 26 heavy (non-hydrogen) atoms. The van der Waals surface area contributed by atoms with Gasteiger partial charge in [0.15, 0.2) is 0 Å². The van der Waals surface area contributed by atoms with Gasteiger partial charge in [0, 0.05) is 21.7 Å². The van der Waals surface area contributed by atoms with Gasteiger partial charge in [0.1, 0.15) is 0 Å². The van der Waals surface area contributed by atoms with Gasteiger partial charge >= 0.3 is 0 Å². The number of rotatable bonds is 5. The standard InChI is InChI=1S/C17H14ClN3O3S2/c18-14-4-2-1-3-11(14)9-17(22)20-12-5-6-13(15-7-8-25-21-15)16(10-12)26(19,23)24/h1-8,10H,9H2,(H,20,22)(H2,19,23,24). The minimum atomic E-state index is -3.99. The number of hydrogen-bond donors (Lipinski definition) is 2. The molecule has 3 aromatic rings. The lowest BCUT2D eigenvalue weighted by atomic mass is 10.1. The molecule has 0 aliphatic carbocycles. The van der Waals surface area contributed by atoms with E-state index in [1.807, 2.05) is 0 Å². The highest BCUT2D eigenvalue weighted by Gasteiger charge is 2.18. The normalized spacial score (nSPS) is 11.3. The number of primary sulfonamides is 1. The molecule has 9 heteroatoms. The van der Waals surface area contributed by atoms with Gasteiger partial charge in [-0.2, -0.15) is 4.37 Å². The summed E-state index contributed by atoms with van der Waals surface area (Å²) in [4.78, 5) is 12.1. The van der Waals surface area contributed by atoms with E-state index >= 15 is 0 Å². The molecule has 134 valence electrons. The summed E-state index contributed by atoms with van der Waals surface area (Å²) in [5, 5.41) is 10.2. The molecule has 6 nitrogen and oxygen atoms in total. The van der Waals surface area contributed by atoms with E-state index in [2.05, 4.69) is 9.69 Å². The number of benzene rings is 2. The predicted molar refractivity (Wildman–Crippen MR) is 103 cm³/mol. The molecule has 0 unspecified atom stereocenters. The van der Waals surface area contributed by atoms with Crippen LogP contribution < -0.4 is 10.5 Å². The van der Waals surface area contributed by atoms with Crippen LogP contribution in [0.4, 0.5) is 5.69 Å². The summed E-state index contributed by atoms with van der Waals surface area (Å²) in [5.74, 6) is -0.320. The Hall–Kier alpha value is -2.26. The number of amides is 1. The zero-order valence-electron chi connectivity index (χ0n) is 13.3. The maximum absolute atomic E-state index is 12.2. The van der Waals surface area contributed by atoms with Crippen LogP contribution in [0, 0.1) is 0 Å². The molecule has 0 aliphatic heterocycles. The second kappa shape index (κ2) is 7.55. The second-order valence-corrected chi connectivity index (χ2v) is 8.06. The van der Waals surface area contributed by atoms with Crippen molar-refractivity contribution in [2.24, 2.45) is 5.14 Å². The van der Waals surface area contributed by atoms with Crippen molar-refractivity contribution in [3.63, 3.8) is 0 Å². The van der Waals surface area contributed by atoms with E-state index in [4.69, 9.17) is 16.7 Å². The van der Waals surface area contributed by atoms with Gasteiger partial charge in [-0.05, 0) is 47.4 Å². The molecule has 0 bridgehead atoms. The Labute approximate surface area is 159 Å². The minimum Gasteiger partial charge on any atom is -0.326 e. The van der Waals surface area contributed by atoms with Gasteiger partial charge in [-0.3, -0.25) is 4.79 Å². The van der Waals surface area contributed by atoms with Crippen LogP contribution in [-0.4, -0.2) is 18.7 Å². The summed E-state index contributed by atoms with van der Waals surface area (Å²) < 4.78 is 28.0. The molecule has 0 saturated heterocycles. The Bertz CT molecular complexity index is 1050. The first kappa shape index (κ1) is 18.5. The Morgan fingerprint density at radius 1 is 1.19 bits per heavy atom. The topological polar surface area (TPSA) is 102 Å². The van der Waals surface area contributed by atoms with Crippen molar-refractivity contribution in [1.82, 2.24) is 4.37 Å². The number of nitrogens with zero attached hydrogens (tertiary/aromatic N) is 1. The smallest absolute Gasteiger partial charge is 0.238 e. The minimum absolute atomic E-state index is 0.0677. The molecule has 0 radical (unpaired) electrons. The van der Waals surface area contributed by atoms with E-state index in [9.17, 15) is 13.2 Å². The Balaban J connectivity index is 1.87. The Morgan fingerprint density at radius 2 is 1.96 bits per heavy atom. The molecule has 2 aromatic carbocycles. The van der Waals surface area contributed by atoms with Gasteiger partial charge in [-0.25, -0.2) is 13.6 Å². The number of nitrogens with one attached hydrogen (secondary N) is 1. The fourth-order valence-corrected chi connectivity index (χ4v) is 3.91. The van der Waals surface area contributed by atoms with Crippen LogP contribution in [0.1, 0.15) is 5.56 Å². The summed E-state index contributed by atoms with van der Waals surface area (Å²) in [6.45, 7) is 0. The highest BCUT2D eigenvalue weighted by atomic mass is 35.5. The second-order valence-electron chi connectivity index (χ2n) is 5.46. The van der Waals surface area contributed by atoms with Crippen molar-refractivity contribution < 1.29 is 13.2 Å². The number of halogens is 1. The lowest BCUT2D eigenvalue weighted by molar-refractivity contribution is -0.115. The third kappa shape index (κ3) is 4.28. The van der Waals surface area contributed by atoms with Crippen molar-refractivity contribution in [1.29, 1.82) is 0 Å². The van der Waals surface area contributed by atoms with E-state index in [0.29, 0.717) is 27.5 Å². The van der Waals surface area contributed by atoms with Gasteiger partial charge < -0.3 is 5.32 Å². The maximum atomic E-state index is 12.2. The maximum Gasteiger partial charge on any atom is 0.238 e. The summed E-state index contributed by atoms with van der Waals surface area (Å²) in [6, 6.07) is 13.2. The highest BCUT2D eigenvalue weighted by molar-refractivity contribution is 7.89. The van der Waals surface area contributed by atoms with Crippen molar-refractivity contribution in [2.45, 2.75) is 11.3 Å². The zero-order valence-corrected chi connectivity index (χ0v) is 15.7. The molecule has 0 aliphatic rings. The van der Waals surface area contributed by atoms with E-state index in [0.717, 1.165) is 0 Å². The number of nitrogens with two attached hydrogens (primary N) is 1. The summed E-state index contributed by atoms with van der Waals surface area (Å²) in [7, 11) is -3.99. The van der Waals surface area contributed by atoms with Crippen LogP contribution >= 0.6 is 23.1 Å². The quantitative estimate of drug-likeness (QED) is 0.677. The van der Waals surface area contributed by atoms with Gasteiger partial charge in [0.2, 0.25) is 15.9 Å². The molecule has 3 N–H and O–H groups in total. The van der Waals surface area contributed by atoms with Crippen LogP contribution in [-0.2, 0) is 21.2 Å². The molecule has 3 rings (SSSR count). The average molecular weight is 408 g/mol. The van der Waals surface area contributed by atoms with E-state index in [-0.39, 0.29) is 17.2 Å². The molecule has 0 fully saturated rings. The van der Waals surface area contributed by atoms with Gasteiger partial charge in [0.25, 0.3) is 0 Å². The Kier molecular flexibility index (Phi) is 5.38. The highest BCUT2D eigenvalue weighted by Crippen LogP contribution is 2.29. The molecule has 1 heterocycles. The number of carbonyl (C=O) groups excluding carboxylic acids is 1. The summed E-state index contributed by atoms with van der Waals surface area (Å²) in [5.41, 5.74) is 1.90. The van der Waals surface area contributed by atoms with E-state index in [1.165, 1.54) is 17.6 Å². The molecular weight excluding hydrogens is 394 g/mol. The lowest BCUT2D eigenvalue weighted by Crippen LogP contribution is -2.17. The molecule has 1 aromatic heterocycles. The number of aromatic nitrogens is 1. The average Bonchev–Trinajstić information content (AvgIpc) is 3.10. The van der Waals surface area contributed by atoms with Crippen LogP contribution in [0.5, 0.6) is 0 Å². The van der Waals surface area contributed by atoms with Crippen LogP contribution in [0.3, 0.4) is 0 Å². The largest absolute Gasteiger partial charge is 0.326 e. The first-order chi connectivity index (χ1) is 12.3. The van der Waals surface area contributed by atoms with Gasteiger partial charge in [-0.15, -0.1) is 0 Å². The lowest BCUT2D eigenvalue weighted by Gasteiger charge is -2.10. The molecular formula is C17H14ClN3O3S2. The van der Waals surface area contributed by atoms with Crippen molar-refractivity contribution in [3.8, 4) is 11.3 Å². The van der Waals surface area contributed by atoms with Gasteiger partial charge in [0.05, 0.1) is 17.0 Å². The number of sulfonamides is 1. The van der Waals surface area contributed by atoms with Crippen LogP contribution in [0.25, 0.3) is 11.3 Å². The number of anilines is 1. The first-order valence-corrected chi connectivity index (χ1v) is 10.2. The van der Waals surface area contributed by atoms with E-state index < -0.39 is 10.0 Å². The Morgan fingerprint density at radius 3 is 2.62 bits per heavy atom. The molecule has 0 spiro atoms. The fraction of sp³-hybridized carbons (Fsp3) is 0.0588. The summed E-state index contributed by atoms with van der Waals surface area (Å²) in [6.07, 6.45) is 0.0677. The molecule has 0 atom stereocenters. The van der Waals surface area contributed by atoms with E-state index in [1.54, 1.807) is 47.8 Å². The summed E-state index contributed by atoms with van der Waals surface area (Å²) >= 11 is 7.26. The number of carbonyl (C=O) groups is 1. The number of hydrogen-bond acceptors (Lipinski definition) is 5. The fourth-order valence-electron chi connectivity index (χ4n) is 2.42. The third-order valence-corrected chi connectivity index (χ3v) is 5.47. The van der Waals surface area contributed by atoms with Crippen molar-refractivity contribution in [2.75, 3.05) is 5.32 Å². The predicted octanol–water partition coefficient (Wildman–Crippen LogP) is 3.29.